The Hall–Kier alpha value is -1.44. The van der Waals surface area contributed by atoms with Crippen molar-refractivity contribution in [1.29, 1.82) is 0 Å². The van der Waals surface area contributed by atoms with E-state index in [1.165, 1.54) is 7.05 Å². The second kappa shape index (κ2) is 5.54. The van der Waals surface area contributed by atoms with Gasteiger partial charge in [-0.3, -0.25) is 4.79 Å². The number of benzene rings is 1. The molecule has 0 saturated heterocycles. The Labute approximate surface area is 142 Å². The second-order valence-electron chi connectivity index (χ2n) is 7.17. The Bertz CT molecular complexity index is 790. The third-order valence-corrected chi connectivity index (χ3v) is 7.48. The van der Waals surface area contributed by atoms with E-state index in [2.05, 4.69) is 4.72 Å². The number of carbonyl (C=O) groups is 1. The number of anilines is 1. The van der Waals surface area contributed by atoms with E-state index < -0.39 is 10.0 Å². The summed E-state index contributed by atoms with van der Waals surface area (Å²) in [5, 5.41) is 0. The summed E-state index contributed by atoms with van der Waals surface area (Å²) in [5.74, 6) is 0.833. The predicted molar refractivity (Wildman–Crippen MR) is 91.0 cm³/mol. The zero-order valence-corrected chi connectivity index (χ0v) is 14.6. The molecule has 1 amide bonds. The number of nitrogens with one attached hydrogen (secondary N) is 1. The summed E-state index contributed by atoms with van der Waals surface area (Å²) in [6.07, 6.45) is 4.05. The van der Waals surface area contributed by atoms with Crippen LogP contribution >= 0.6 is 0 Å². The molecule has 1 aromatic carbocycles. The molecule has 2 fully saturated rings. The van der Waals surface area contributed by atoms with Gasteiger partial charge in [-0.1, -0.05) is 6.07 Å². The summed E-state index contributed by atoms with van der Waals surface area (Å²) in [5.41, 5.74) is 8.07. The summed E-state index contributed by atoms with van der Waals surface area (Å²) >= 11 is 0. The molecule has 2 bridgehead atoms. The first kappa shape index (κ1) is 16.1. The monoisotopic (exact) mass is 349 g/mol. The smallest absolute Gasteiger partial charge is 0.240 e. The first-order chi connectivity index (χ1) is 11.4. The highest BCUT2D eigenvalue weighted by Gasteiger charge is 2.50. The molecule has 3 N–H and O–H groups in total. The highest BCUT2D eigenvalue weighted by Crippen LogP contribution is 2.49. The molecular formula is C17H23N3O3S. The minimum atomic E-state index is -3.52. The van der Waals surface area contributed by atoms with Gasteiger partial charge in [-0.25, -0.2) is 13.1 Å². The molecule has 1 heterocycles. The van der Waals surface area contributed by atoms with Crippen molar-refractivity contribution in [2.24, 2.45) is 23.5 Å². The zero-order chi connectivity index (χ0) is 17.1. The number of hydrogen-bond donors (Lipinski definition) is 2. The maximum atomic E-state index is 13.1. The van der Waals surface area contributed by atoms with Crippen molar-refractivity contribution >= 4 is 21.6 Å². The highest BCUT2D eigenvalue weighted by molar-refractivity contribution is 7.89. The minimum Gasteiger partial charge on any atom is -0.327 e. The quantitative estimate of drug-likeness (QED) is 0.846. The molecule has 24 heavy (non-hydrogen) atoms. The van der Waals surface area contributed by atoms with Gasteiger partial charge in [0.2, 0.25) is 15.9 Å². The molecule has 0 radical (unpaired) electrons. The van der Waals surface area contributed by atoms with Crippen LogP contribution in [0, 0.1) is 17.8 Å². The van der Waals surface area contributed by atoms with Crippen molar-refractivity contribution in [3.05, 3.63) is 23.8 Å². The van der Waals surface area contributed by atoms with Crippen LogP contribution in [0.25, 0.3) is 0 Å². The van der Waals surface area contributed by atoms with Gasteiger partial charge in [-0.15, -0.1) is 0 Å². The summed E-state index contributed by atoms with van der Waals surface area (Å²) in [4.78, 5) is 15.1. The van der Waals surface area contributed by atoms with E-state index in [1.807, 2.05) is 6.07 Å². The van der Waals surface area contributed by atoms with Crippen molar-refractivity contribution in [2.45, 2.75) is 36.6 Å². The SMILES string of the molecule is CNS(=O)(=O)c1ccc2c(c1)N(C(=O)C1C3CCC(C3)C1N)CC2. The third-order valence-electron chi connectivity index (χ3n) is 6.06. The number of amides is 1. The summed E-state index contributed by atoms with van der Waals surface area (Å²) in [7, 11) is -2.13. The van der Waals surface area contributed by atoms with Gasteiger partial charge < -0.3 is 10.6 Å². The third kappa shape index (κ3) is 2.29. The van der Waals surface area contributed by atoms with Crippen LogP contribution in [-0.2, 0) is 21.2 Å². The molecule has 3 aliphatic rings. The van der Waals surface area contributed by atoms with Crippen LogP contribution in [0.5, 0.6) is 0 Å². The average Bonchev–Trinajstić information content (AvgIpc) is 3.27. The number of fused-ring (bicyclic) bond motifs is 3. The second-order valence-corrected chi connectivity index (χ2v) is 9.06. The van der Waals surface area contributed by atoms with E-state index in [0.29, 0.717) is 18.4 Å². The standard InChI is InChI=1S/C17H23N3O3S/c1-19-24(22,23)13-5-4-10-6-7-20(14(10)9-13)17(21)15-11-2-3-12(8-11)16(15)18/h4-5,9,11-12,15-16,19H,2-3,6-8,18H2,1H3. The average molecular weight is 349 g/mol. The van der Waals surface area contributed by atoms with Crippen LogP contribution in [0.4, 0.5) is 5.69 Å². The normalized spacial score (nSPS) is 31.5. The number of rotatable bonds is 3. The van der Waals surface area contributed by atoms with Gasteiger partial charge in [-0.2, -0.15) is 0 Å². The zero-order valence-electron chi connectivity index (χ0n) is 13.7. The molecule has 2 saturated carbocycles. The van der Waals surface area contributed by atoms with E-state index in [9.17, 15) is 13.2 Å². The number of nitrogens with zero attached hydrogens (tertiary/aromatic N) is 1. The van der Waals surface area contributed by atoms with Crippen LogP contribution in [0.2, 0.25) is 0 Å². The maximum absolute atomic E-state index is 13.1. The van der Waals surface area contributed by atoms with E-state index in [1.54, 1.807) is 17.0 Å². The Morgan fingerprint density at radius 1 is 1.29 bits per heavy atom. The lowest BCUT2D eigenvalue weighted by Crippen LogP contribution is -2.46. The first-order valence-corrected chi connectivity index (χ1v) is 10.0. The van der Waals surface area contributed by atoms with Gasteiger partial charge in [0, 0.05) is 18.3 Å². The molecule has 4 atom stereocenters. The van der Waals surface area contributed by atoms with Crippen LogP contribution in [0.1, 0.15) is 24.8 Å². The predicted octanol–water partition coefficient (Wildman–Crippen LogP) is 0.857. The fourth-order valence-electron chi connectivity index (χ4n) is 4.76. The van der Waals surface area contributed by atoms with Crippen molar-refractivity contribution in [3.63, 3.8) is 0 Å². The molecule has 2 aliphatic carbocycles. The van der Waals surface area contributed by atoms with Crippen molar-refractivity contribution < 1.29 is 13.2 Å². The number of sulfonamides is 1. The van der Waals surface area contributed by atoms with Gasteiger partial charge in [0.25, 0.3) is 0 Å². The van der Waals surface area contributed by atoms with Crippen LogP contribution in [0.15, 0.2) is 23.1 Å². The molecule has 4 unspecified atom stereocenters. The molecule has 130 valence electrons. The van der Waals surface area contributed by atoms with E-state index in [-0.39, 0.29) is 22.8 Å². The number of nitrogens with two attached hydrogens (primary N) is 1. The fraction of sp³-hybridized carbons (Fsp3) is 0.588. The van der Waals surface area contributed by atoms with Crippen LogP contribution in [-0.4, -0.2) is 34.0 Å². The van der Waals surface area contributed by atoms with Gasteiger partial charge in [0.1, 0.15) is 0 Å². The van der Waals surface area contributed by atoms with Crippen LogP contribution < -0.4 is 15.4 Å². The van der Waals surface area contributed by atoms with Crippen molar-refractivity contribution in [3.8, 4) is 0 Å². The molecule has 0 spiro atoms. The Morgan fingerprint density at radius 3 is 2.71 bits per heavy atom. The number of hydrogen-bond acceptors (Lipinski definition) is 4. The van der Waals surface area contributed by atoms with E-state index in [4.69, 9.17) is 5.73 Å². The Balaban J connectivity index is 1.66. The first-order valence-electron chi connectivity index (χ1n) is 8.56. The van der Waals surface area contributed by atoms with Gasteiger partial charge in [0.05, 0.1) is 10.8 Å². The van der Waals surface area contributed by atoms with Crippen molar-refractivity contribution in [1.82, 2.24) is 4.72 Å². The topological polar surface area (TPSA) is 92.5 Å². The highest BCUT2D eigenvalue weighted by atomic mass is 32.2. The van der Waals surface area contributed by atoms with E-state index in [0.717, 1.165) is 36.9 Å². The molecule has 4 rings (SSSR count). The molecule has 7 heteroatoms. The lowest BCUT2D eigenvalue weighted by molar-refractivity contribution is -0.124. The molecule has 0 aromatic heterocycles. The van der Waals surface area contributed by atoms with Crippen LogP contribution in [0.3, 0.4) is 0 Å². The Morgan fingerprint density at radius 2 is 2.04 bits per heavy atom. The van der Waals surface area contributed by atoms with E-state index >= 15 is 0 Å². The number of carbonyl (C=O) groups excluding carboxylic acids is 1. The lowest BCUT2D eigenvalue weighted by atomic mass is 9.84. The molecule has 1 aliphatic heterocycles. The largest absolute Gasteiger partial charge is 0.327 e. The minimum absolute atomic E-state index is 0.0514. The van der Waals surface area contributed by atoms with Crippen molar-refractivity contribution in [2.75, 3.05) is 18.5 Å². The maximum Gasteiger partial charge on any atom is 0.240 e. The van der Waals surface area contributed by atoms with Gasteiger partial charge in [0.15, 0.2) is 0 Å². The van der Waals surface area contributed by atoms with Gasteiger partial charge >= 0.3 is 0 Å². The Kier molecular flexibility index (Phi) is 3.71. The fourth-order valence-corrected chi connectivity index (χ4v) is 5.50. The summed E-state index contributed by atoms with van der Waals surface area (Å²) < 4.78 is 26.4. The molecular weight excluding hydrogens is 326 g/mol. The van der Waals surface area contributed by atoms with Gasteiger partial charge in [-0.05, 0) is 62.3 Å². The summed E-state index contributed by atoms with van der Waals surface area (Å²) in [6.45, 7) is 0.609. The lowest BCUT2D eigenvalue weighted by Gasteiger charge is -2.31. The molecule has 6 nitrogen and oxygen atoms in total. The summed E-state index contributed by atoms with van der Waals surface area (Å²) in [6, 6.07) is 4.98. The molecule has 1 aromatic rings.